The maximum Gasteiger partial charge on any atom is 0.274 e. The van der Waals surface area contributed by atoms with Gasteiger partial charge in [0.15, 0.2) is 12.4 Å². The summed E-state index contributed by atoms with van der Waals surface area (Å²) in [6, 6.07) is 15.4. The maximum absolute atomic E-state index is 13.4. The maximum atomic E-state index is 13.4. The molecule has 2 aromatic carbocycles. The number of piperazine rings is 1. The summed E-state index contributed by atoms with van der Waals surface area (Å²) in [5.41, 5.74) is 1.34. The van der Waals surface area contributed by atoms with E-state index in [1.54, 1.807) is 58.2 Å². The van der Waals surface area contributed by atoms with Gasteiger partial charge >= 0.3 is 0 Å². The van der Waals surface area contributed by atoms with Gasteiger partial charge in [0.25, 0.3) is 5.91 Å². The Labute approximate surface area is 179 Å². The lowest BCUT2D eigenvalue weighted by Gasteiger charge is -2.34. The number of aromatic nitrogens is 2. The lowest BCUT2D eigenvalue weighted by molar-refractivity contribution is 0.0620. The number of hydrogen-bond donors (Lipinski definition) is 0. The first-order chi connectivity index (χ1) is 14.6. The first-order valence-electron chi connectivity index (χ1n) is 9.75. The molecule has 0 atom stereocenters. The van der Waals surface area contributed by atoms with Crippen LogP contribution in [0.2, 0.25) is 5.02 Å². The largest absolute Gasteiger partial charge is 0.471 e. The second-order valence-electron chi connectivity index (χ2n) is 7.17. The molecule has 3 aromatic rings. The van der Waals surface area contributed by atoms with Gasteiger partial charge in [0.05, 0.1) is 0 Å². The fourth-order valence-electron chi connectivity index (χ4n) is 3.38. The SMILES string of the molecule is O=C(c1ccn(COc2ccc(Cl)cc2)n1)N1CCN(Cc2cccc(F)c2)CC1. The molecule has 0 unspecified atom stereocenters. The van der Waals surface area contributed by atoms with E-state index < -0.39 is 0 Å². The van der Waals surface area contributed by atoms with E-state index in [2.05, 4.69) is 10.00 Å². The Kier molecular flexibility index (Phi) is 6.30. The third-order valence-electron chi connectivity index (χ3n) is 4.99. The molecule has 1 aromatic heterocycles. The van der Waals surface area contributed by atoms with Crippen LogP contribution in [0, 0.1) is 5.82 Å². The zero-order valence-corrected chi connectivity index (χ0v) is 17.1. The number of amides is 1. The van der Waals surface area contributed by atoms with Crippen molar-refractivity contribution in [3.8, 4) is 5.75 Å². The van der Waals surface area contributed by atoms with E-state index in [1.807, 2.05) is 6.07 Å². The first-order valence-corrected chi connectivity index (χ1v) is 10.1. The Bertz CT molecular complexity index is 1000. The fourth-order valence-corrected chi connectivity index (χ4v) is 3.51. The molecule has 0 aliphatic carbocycles. The molecule has 4 rings (SSSR count). The van der Waals surface area contributed by atoms with E-state index in [4.69, 9.17) is 16.3 Å². The van der Waals surface area contributed by atoms with Crippen molar-refractivity contribution in [2.24, 2.45) is 0 Å². The molecule has 0 spiro atoms. The average molecular weight is 429 g/mol. The van der Waals surface area contributed by atoms with Gasteiger partial charge in [-0.3, -0.25) is 9.69 Å². The highest BCUT2D eigenvalue weighted by molar-refractivity contribution is 6.30. The predicted molar refractivity (Wildman–Crippen MR) is 112 cm³/mol. The Morgan fingerprint density at radius 3 is 2.57 bits per heavy atom. The Morgan fingerprint density at radius 2 is 1.83 bits per heavy atom. The van der Waals surface area contributed by atoms with Crippen molar-refractivity contribution < 1.29 is 13.9 Å². The van der Waals surface area contributed by atoms with Crippen LogP contribution in [-0.2, 0) is 13.3 Å². The number of rotatable bonds is 6. The average Bonchev–Trinajstić information content (AvgIpc) is 3.22. The van der Waals surface area contributed by atoms with Gasteiger partial charge in [0.1, 0.15) is 11.6 Å². The third-order valence-corrected chi connectivity index (χ3v) is 5.24. The standard InChI is InChI=1S/C22H22ClFN4O2/c23-18-4-6-20(7-5-18)30-16-28-9-8-21(25-28)22(29)27-12-10-26(11-13-27)15-17-2-1-3-19(24)14-17/h1-9,14H,10-13,15-16H2. The second-order valence-corrected chi connectivity index (χ2v) is 7.60. The molecule has 1 fully saturated rings. The third kappa shape index (κ3) is 5.17. The highest BCUT2D eigenvalue weighted by Crippen LogP contribution is 2.16. The molecule has 1 saturated heterocycles. The van der Waals surface area contributed by atoms with Crippen LogP contribution in [0.4, 0.5) is 4.39 Å². The van der Waals surface area contributed by atoms with Gasteiger partial charge in [-0.1, -0.05) is 23.7 Å². The van der Waals surface area contributed by atoms with E-state index in [0.29, 0.717) is 36.1 Å². The van der Waals surface area contributed by atoms with E-state index in [1.165, 1.54) is 6.07 Å². The molecule has 1 aliphatic heterocycles. The summed E-state index contributed by atoms with van der Waals surface area (Å²) >= 11 is 5.86. The summed E-state index contributed by atoms with van der Waals surface area (Å²) in [4.78, 5) is 16.8. The van der Waals surface area contributed by atoms with Crippen LogP contribution in [0.3, 0.4) is 0 Å². The van der Waals surface area contributed by atoms with E-state index in [9.17, 15) is 9.18 Å². The van der Waals surface area contributed by atoms with Crippen molar-refractivity contribution >= 4 is 17.5 Å². The topological polar surface area (TPSA) is 50.6 Å². The van der Waals surface area contributed by atoms with Gasteiger partial charge in [-0.2, -0.15) is 5.10 Å². The summed E-state index contributed by atoms with van der Waals surface area (Å²) in [5, 5.41) is 4.98. The number of benzene rings is 2. The van der Waals surface area contributed by atoms with Gasteiger partial charge in [-0.15, -0.1) is 0 Å². The minimum Gasteiger partial charge on any atom is -0.471 e. The van der Waals surface area contributed by atoms with Crippen LogP contribution in [0.5, 0.6) is 5.75 Å². The lowest BCUT2D eigenvalue weighted by atomic mass is 10.2. The summed E-state index contributed by atoms with van der Waals surface area (Å²) < 4.78 is 20.6. The smallest absolute Gasteiger partial charge is 0.274 e. The molecule has 0 bridgehead atoms. The number of nitrogens with zero attached hydrogens (tertiary/aromatic N) is 4. The molecule has 0 radical (unpaired) electrons. The van der Waals surface area contributed by atoms with Gasteiger partial charge in [-0.05, 0) is 48.0 Å². The predicted octanol–water partition coefficient (Wildman–Crippen LogP) is 3.67. The van der Waals surface area contributed by atoms with Crippen LogP contribution < -0.4 is 4.74 Å². The molecule has 0 saturated carbocycles. The normalized spacial score (nSPS) is 14.7. The number of halogens is 2. The van der Waals surface area contributed by atoms with Crippen LogP contribution in [-0.4, -0.2) is 51.7 Å². The van der Waals surface area contributed by atoms with Gasteiger partial charge in [0.2, 0.25) is 0 Å². The Balaban J connectivity index is 1.27. The quantitative estimate of drug-likeness (QED) is 0.601. The molecule has 1 aliphatic rings. The van der Waals surface area contributed by atoms with Gasteiger partial charge in [-0.25, -0.2) is 9.07 Å². The zero-order valence-electron chi connectivity index (χ0n) is 16.4. The molecule has 1 amide bonds. The monoisotopic (exact) mass is 428 g/mol. The van der Waals surface area contributed by atoms with E-state index >= 15 is 0 Å². The lowest BCUT2D eigenvalue weighted by Crippen LogP contribution is -2.48. The summed E-state index contributed by atoms with van der Waals surface area (Å²) in [6.07, 6.45) is 1.73. The Morgan fingerprint density at radius 1 is 1.07 bits per heavy atom. The molecule has 156 valence electrons. The van der Waals surface area contributed by atoms with Crippen molar-refractivity contribution in [2.75, 3.05) is 26.2 Å². The first kappa shape index (κ1) is 20.4. The molecular weight excluding hydrogens is 407 g/mol. The minimum absolute atomic E-state index is 0.0920. The number of carbonyl (C=O) groups excluding carboxylic acids is 1. The van der Waals surface area contributed by atoms with Crippen molar-refractivity contribution in [3.05, 3.63) is 82.9 Å². The van der Waals surface area contributed by atoms with Crippen LogP contribution in [0.25, 0.3) is 0 Å². The van der Waals surface area contributed by atoms with E-state index in [0.717, 1.165) is 18.7 Å². The van der Waals surface area contributed by atoms with Crippen molar-refractivity contribution in [3.63, 3.8) is 0 Å². The van der Waals surface area contributed by atoms with Crippen molar-refractivity contribution in [2.45, 2.75) is 13.3 Å². The number of carbonyl (C=O) groups is 1. The number of hydrogen-bond acceptors (Lipinski definition) is 4. The highest BCUT2D eigenvalue weighted by atomic mass is 35.5. The zero-order chi connectivity index (χ0) is 20.9. The van der Waals surface area contributed by atoms with Gasteiger partial charge in [0, 0.05) is 43.9 Å². The number of ether oxygens (including phenoxy) is 1. The summed E-state index contributed by atoms with van der Waals surface area (Å²) in [6.45, 7) is 3.59. The van der Waals surface area contributed by atoms with Crippen molar-refractivity contribution in [1.82, 2.24) is 19.6 Å². The van der Waals surface area contributed by atoms with Crippen molar-refractivity contribution in [1.29, 1.82) is 0 Å². The highest BCUT2D eigenvalue weighted by Gasteiger charge is 2.23. The van der Waals surface area contributed by atoms with Crippen LogP contribution >= 0.6 is 11.6 Å². The second kappa shape index (κ2) is 9.28. The summed E-state index contributed by atoms with van der Waals surface area (Å²) in [5.74, 6) is 0.361. The molecule has 30 heavy (non-hydrogen) atoms. The van der Waals surface area contributed by atoms with Crippen LogP contribution in [0.1, 0.15) is 16.1 Å². The molecule has 2 heterocycles. The summed E-state index contributed by atoms with van der Waals surface area (Å²) in [7, 11) is 0. The Hall–Kier alpha value is -2.90. The van der Waals surface area contributed by atoms with Crippen LogP contribution in [0.15, 0.2) is 60.8 Å². The molecule has 8 heteroatoms. The molecule has 6 nitrogen and oxygen atoms in total. The molecule has 0 N–H and O–H groups in total. The minimum atomic E-state index is -0.225. The fraction of sp³-hybridized carbons (Fsp3) is 0.273. The van der Waals surface area contributed by atoms with Gasteiger partial charge < -0.3 is 9.64 Å². The van der Waals surface area contributed by atoms with E-state index in [-0.39, 0.29) is 18.5 Å². The molecular formula is C22H22ClFN4O2.